The molecule has 1 aromatic heterocycles. The normalized spacial score (nSPS) is 18.8. The third-order valence-corrected chi connectivity index (χ3v) is 4.37. The number of amides is 1. The predicted octanol–water partition coefficient (Wildman–Crippen LogP) is 0.529. The molecular formula is C15H23N3O4S. The van der Waals surface area contributed by atoms with Crippen molar-refractivity contribution in [1.82, 2.24) is 14.6 Å². The van der Waals surface area contributed by atoms with Gasteiger partial charge in [0.15, 0.2) is 0 Å². The fraction of sp³-hybridized carbons (Fsp3) is 0.600. The summed E-state index contributed by atoms with van der Waals surface area (Å²) in [6.45, 7) is 1.87. The van der Waals surface area contributed by atoms with E-state index in [0.717, 1.165) is 24.7 Å². The molecule has 1 aliphatic heterocycles. The molecule has 1 fully saturated rings. The Hall–Kier alpha value is -1.51. The van der Waals surface area contributed by atoms with Gasteiger partial charge in [0.2, 0.25) is 15.9 Å². The van der Waals surface area contributed by atoms with Crippen LogP contribution in [0.15, 0.2) is 24.5 Å². The van der Waals surface area contributed by atoms with Crippen LogP contribution in [-0.2, 0) is 26.2 Å². The summed E-state index contributed by atoms with van der Waals surface area (Å²) >= 11 is 0. The molecule has 128 valence electrons. The lowest BCUT2D eigenvalue weighted by Crippen LogP contribution is -2.44. The van der Waals surface area contributed by atoms with E-state index in [1.54, 1.807) is 17.3 Å². The van der Waals surface area contributed by atoms with E-state index in [4.69, 9.17) is 4.74 Å². The summed E-state index contributed by atoms with van der Waals surface area (Å²) in [6, 6.07) is 3.82. The molecule has 0 bridgehead atoms. The molecule has 8 heteroatoms. The van der Waals surface area contributed by atoms with E-state index in [1.807, 2.05) is 12.1 Å². The molecule has 0 saturated carbocycles. The van der Waals surface area contributed by atoms with Crippen LogP contribution in [0.5, 0.6) is 0 Å². The first-order chi connectivity index (χ1) is 10.9. The first kappa shape index (κ1) is 17.8. The third kappa shape index (κ3) is 6.64. The topological polar surface area (TPSA) is 88.6 Å². The van der Waals surface area contributed by atoms with Crippen LogP contribution in [0.25, 0.3) is 0 Å². The minimum absolute atomic E-state index is 0.00998. The van der Waals surface area contributed by atoms with Gasteiger partial charge >= 0.3 is 0 Å². The smallest absolute Gasteiger partial charge is 0.223 e. The van der Waals surface area contributed by atoms with Crippen molar-refractivity contribution in [2.75, 3.05) is 25.9 Å². The summed E-state index contributed by atoms with van der Waals surface area (Å²) in [7, 11) is -3.25. The molecule has 0 aromatic carbocycles. The number of aromatic nitrogens is 1. The summed E-state index contributed by atoms with van der Waals surface area (Å²) in [4.78, 5) is 17.9. The average Bonchev–Trinajstić information content (AvgIpc) is 2.53. The second-order valence-corrected chi connectivity index (χ2v) is 7.53. The van der Waals surface area contributed by atoms with Crippen molar-refractivity contribution in [3.05, 3.63) is 30.1 Å². The lowest BCUT2D eigenvalue weighted by atomic mass is 10.1. The molecule has 2 rings (SSSR count). The number of carbonyl (C=O) groups excluding carboxylic acids is 1. The molecule has 0 unspecified atom stereocenters. The zero-order chi connectivity index (χ0) is 16.7. The summed E-state index contributed by atoms with van der Waals surface area (Å²) < 4.78 is 30.2. The Morgan fingerprint density at radius 1 is 1.52 bits per heavy atom. The van der Waals surface area contributed by atoms with E-state index in [0.29, 0.717) is 19.7 Å². The Labute approximate surface area is 137 Å². The largest absolute Gasteiger partial charge is 0.372 e. The maximum atomic E-state index is 12.1. The Bertz CT molecular complexity index is 606. The van der Waals surface area contributed by atoms with Crippen LogP contribution in [0.2, 0.25) is 0 Å². The van der Waals surface area contributed by atoms with Crippen LogP contribution in [0.1, 0.15) is 24.8 Å². The minimum Gasteiger partial charge on any atom is -0.372 e. The molecule has 7 nitrogen and oxygen atoms in total. The van der Waals surface area contributed by atoms with E-state index >= 15 is 0 Å². The summed E-state index contributed by atoms with van der Waals surface area (Å²) in [5.41, 5.74) is 1.01. The van der Waals surface area contributed by atoms with Gasteiger partial charge in [0.25, 0.3) is 0 Å². The molecule has 1 saturated heterocycles. The zero-order valence-electron chi connectivity index (χ0n) is 13.3. The van der Waals surface area contributed by atoms with E-state index in [2.05, 4.69) is 9.71 Å². The highest BCUT2D eigenvalue weighted by Gasteiger charge is 2.24. The summed E-state index contributed by atoms with van der Waals surface area (Å²) in [5.74, 6) is -0.0455. The van der Waals surface area contributed by atoms with Gasteiger partial charge in [0.05, 0.1) is 19.0 Å². The number of carbonyl (C=O) groups is 1. The lowest BCUT2D eigenvalue weighted by molar-refractivity contribution is -0.135. The van der Waals surface area contributed by atoms with E-state index in [9.17, 15) is 13.2 Å². The van der Waals surface area contributed by atoms with Gasteiger partial charge in [-0.05, 0) is 24.5 Å². The standard InChI is InChI=1S/C15H23N3O4S/c1-23(20,21)17-8-6-15(19)18-9-3-5-14(11-18)22-12-13-4-2-7-16-10-13/h2,4,7,10,14,17H,3,5-6,8-9,11-12H2,1H3/t14-/m0/s1. The number of ether oxygens (including phenoxy) is 1. The molecule has 1 aliphatic rings. The second-order valence-electron chi connectivity index (χ2n) is 5.69. The lowest BCUT2D eigenvalue weighted by Gasteiger charge is -2.32. The Balaban J connectivity index is 1.75. The molecule has 1 atom stereocenters. The highest BCUT2D eigenvalue weighted by Crippen LogP contribution is 2.15. The van der Waals surface area contributed by atoms with Gasteiger partial charge in [0, 0.05) is 38.4 Å². The average molecular weight is 341 g/mol. The Kier molecular flexibility index (Phi) is 6.49. The molecule has 2 heterocycles. The number of piperidine rings is 1. The Morgan fingerprint density at radius 2 is 2.35 bits per heavy atom. The summed E-state index contributed by atoms with van der Waals surface area (Å²) in [6.07, 6.45) is 6.56. The van der Waals surface area contributed by atoms with Crippen molar-refractivity contribution in [3.8, 4) is 0 Å². The fourth-order valence-electron chi connectivity index (χ4n) is 2.50. The molecule has 1 N–H and O–H groups in total. The van der Waals surface area contributed by atoms with E-state index in [1.165, 1.54) is 0 Å². The second kappa shape index (κ2) is 8.37. The fourth-order valence-corrected chi connectivity index (χ4v) is 2.97. The van der Waals surface area contributed by atoms with Crippen molar-refractivity contribution in [2.45, 2.75) is 32.0 Å². The molecule has 0 spiro atoms. The number of likely N-dealkylation sites (tertiary alicyclic amines) is 1. The Morgan fingerprint density at radius 3 is 3.04 bits per heavy atom. The van der Waals surface area contributed by atoms with Crippen LogP contribution >= 0.6 is 0 Å². The molecule has 0 aliphatic carbocycles. The first-order valence-electron chi connectivity index (χ1n) is 7.67. The van der Waals surface area contributed by atoms with Gasteiger partial charge in [-0.15, -0.1) is 0 Å². The predicted molar refractivity (Wildman–Crippen MR) is 86.1 cm³/mol. The van der Waals surface area contributed by atoms with Crippen molar-refractivity contribution in [3.63, 3.8) is 0 Å². The monoisotopic (exact) mass is 341 g/mol. The van der Waals surface area contributed by atoms with Crippen LogP contribution < -0.4 is 4.72 Å². The van der Waals surface area contributed by atoms with Crippen LogP contribution in [0.3, 0.4) is 0 Å². The highest BCUT2D eigenvalue weighted by atomic mass is 32.2. The minimum atomic E-state index is -3.25. The van der Waals surface area contributed by atoms with Crippen LogP contribution in [-0.4, -0.2) is 56.2 Å². The highest BCUT2D eigenvalue weighted by molar-refractivity contribution is 7.88. The van der Waals surface area contributed by atoms with Crippen molar-refractivity contribution >= 4 is 15.9 Å². The van der Waals surface area contributed by atoms with Gasteiger partial charge < -0.3 is 9.64 Å². The SMILES string of the molecule is CS(=O)(=O)NCCC(=O)N1CCC[C@H](OCc2cccnc2)C1. The van der Waals surface area contributed by atoms with Crippen LogP contribution in [0.4, 0.5) is 0 Å². The van der Waals surface area contributed by atoms with Gasteiger partial charge in [-0.2, -0.15) is 0 Å². The van der Waals surface area contributed by atoms with Crippen LogP contribution in [0, 0.1) is 0 Å². The number of nitrogens with zero attached hydrogens (tertiary/aromatic N) is 2. The maximum Gasteiger partial charge on any atom is 0.223 e. The van der Waals surface area contributed by atoms with Gasteiger partial charge in [0.1, 0.15) is 0 Å². The summed E-state index contributed by atoms with van der Waals surface area (Å²) in [5, 5.41) is 0. The van der Waals surface area contributed by atoms with E-state index < -0.39 is 10.0 Å². The molecule has 1 aromatic rings. The zero-order valence-corrected chi connectivity index (χ0v) is 14.1. The number of sulfonamides is 1. The van der Waals surface area contributed by atoms with Gasteiger partial charge in [-0.3, -0.25) is 9.78 Å². The van der Waals surface area contributed by atoms with Crippen molar-refractivity contribution in [2.24, 2.45) is 0 Å². The number of hydrogen-bond acceptors (Lipinski definition) is 5. The van der Waals surface area contributed by atoms with Gasteiger partial charge in [-0.25, -0.2) is 13.1 Å². The number of hydrogen-bond donors (Lipinski definition) is 1. The quantitative estimate of drug-likeness (QED) is 0.781. The molecule has 23 heavy (non-hydrogen) atoms. The first-order valence-corrected chi connectivity index (χ1v) is 9.56. The third-order valence-electron chi connectivity index (χ3n) is 3.64. The van der Waals surface area contributed by atoms with E-state index in [-0.39, 0.29) is 25.0 Å². The number of rotatable bonds is 7. The molecule has 0 radical (unpaired) electrons. The van der Waals surface area contributed by atoms with Crippen molar-refractivity contribution < 1.29 is 17.9 Å². The molecular weight excluding hydrogens is 318 g/mol. The molecule has 1 amide bonds. The number of pyridine rings is 1. The van der Waals surface area contributed by atoms with Gasteiger partial charge in [-0.1, -0.05) is 6.07 Å². The maximum absolute atomic E-state index is 12.1. The number of nitrogens with one attached hydrogen (secondary N) is 1. The van der Waals surface area contributed by atoms with Crippen molar-refractivity contribution in [1.29, 1.82) is 0 Å².